The zero-order valence-corrected chi connectivity index (χ0v) is 23.0. The summed E-state index contributed by atoms with van der Waals surface area (Å²) in [5.74, 6) is 0.477. The van der Waals surface area contributed by atoms with E-state index < -0.39 is 9.05 Å². The van der Waals surface area contributed by atoms with Crippen molar-refractivity contribution in [1.29, 1.82) is 0 Å². The molecule has 4 aromatic carbocycles. The summed E-state index contributed by atoms with van der Waals surface area (Å²) in [6, 6.07) is 28.4. The molecule has 0 radical (unpaired) electrons. The Morgan fingerprint density at radius 1 is 0.692 bits per heavy atom. The van der Waals surface area contributed by atoms with E-state index in [4.69, 9.17) is 25.9 Å². The number of carbonyl (C=O) groups is 2. The molecule has 0 aliphatic rings. The summed E-state index contributed by atoms with van der Waals surface area (Å²) in [7, 11) is 1.40. The van der Waals surface area contributed by atoms with Gasteiger partial charge in [-0.25, -0.2) is 8.42 Å². The highest BCUT2D eigenvalue weighted by atomic mass is 35.7. The van der Waals surface area contributed by atoms with Crippen molar-refractivity contribution in [3.05, 3.63) is 119 Å². The van der Waals surface area contributed by atoms with Gasteiger partial charge in [0.2, 0.25) is 0 Å². The molecule has 0 heterocycles. The fourth-order valence-electron chi connectivity index (χ4n) is 3.41. The van der Waals surface area contributed by atoms with Crippen LogP contribution in [-0.4, -0.2) is 20.0 Å². The number of Topliss-reactive ketones (excluding diaryl/α,β-unsaturated/α-hetero) is 2. The first-order valence-corrected chi connectivity index (χ1v) is 14.2. The van der Waals surface area contributed by atoms with Crippen LogP contribution in [-0.2, 0) is 22.3 Å². The van der Waals surface area contributed by atoms with Crippen LogP contribution in [0.4, 0.5) is 5.69 Å². The lowest BCUT2D eigenvalue weighted by atomic mass is 10.1. The predicted molar refractivity (Wildman–Crippen MR) is 152 cm³/mol. The molecule has 9 heteroatoms. The van der Waals surface area contributed by atoms with Crippen LogP contribution in [0.15, 0.2) is 102 Å². The molecule has 0 aromatic heterocycles. The van der Waals surface area contributed by atoms with Gasteiger partial charge in [0.25, 0.3) is 9.05 Å². The van der Waals surface area contributed by atoms with Crippen molar-refractivity contribution in [3.8, 4) is 11.5 Å². The normalized spacial score (nSPS) is 10.6. The first kappa shape index (κ1) is 29.4. The minimum Gasteiger partial charge on any atom is -0.487 e. The van der Waals surface area contributed by atoms with Crippen molar-refractivity contribution >= 4 is 37.0 Å². The summed E-state index contributed by atoms with van der Waals surface area (Å²) < 4.78 is 34.4. The van der Waals surface area contributed by atoms with E-state index in [-0.39, 0.29) is 34.4 Å². The number of carbonyl (C=O) groups excluding carboxylic acids is 2. The van der Waals surface area contributed by atoms with Gasteiger partial charge in [-0.1, -0.05) is 60.7 Å². The maximum Gasteiger partial charge on any atom is 0.265 e. The Morgan fingerprint density at radius 2 is 1.13 bits per heavy atom. The van der Waals surface area contributed by atoms with Crippen molar-refractivity contribution in [2.75, 3.05) is 5.73 Å². The average molecular weight is 566 g/mol. The molecule has 0 amide bonds. The second-order valence-corrected chi connectivity index (χ2v) is 11.0. The van der Waals surface area contributed by atoms with E-state index >= 15 is 0 Å². The number of anilines is 1. The molecule has 0 aliphatic heterocycles. The minimum absolute atomic E-state index is 0.00342. The van der Waals surface area contributed by atoms with E-state index in [1.165, 1.54) is 32.0 Å². The van der Waals surface area contributed by atoms with Crippen molar-refractivity contribution in [1.82, 2.24) is 0 Å². The molecule has 4 aromatic rings. The molecule has 0 bridgehead atoms. The van der Waals surface area contributed by atoms with Crippen LogP contribution in [0.2, 0.25) is 0 Å². The molecule has 0 aliphatic carbocycles. The minimum atomic E-state index is -4.00. The van der Waals surface area contributed by atoms with Crippen LogP contribution < -0.4 is 15.2 Å². The Balaban J connectivity index is 0.000000218. The molecule has 0 saturated carbocycles. The summed E-state index contributed by atoms with van der Waals surface area (Å²) in [6.07, 6.45) is 0. The van der Waals surface area contributed by atoms with Crippen LogP contribution in [0.5, 0.6) is 11.5 Å². The molecular weight excluding hydrogens is 538 g/mol. The van der Waals surface area contributed by atoms with Gasteiger partial charge in [-0.15, -0.1) is 0 Å². The third-order valence-corrected chi connectivity index (χ3v) is 6.85. The number of ketones is 2. The number of benzene rings is 4. The first-order valence-electron chi connectivity index (χ1n) is 11.9. The molecule has 4 rings (SSSR count). The van der Waals surface area contributed by atoms with Gasteiger partial charge in [-0.2, -0.15) is 0 Å². The molecule has 0 fully saturated rings. The van der Waals surface area contributed by atoms with E-state index in [0.29, 0.717) is 23.6 Å². The fraction of sp³-hybridized carbons (Fsp3) is 0.133. The van der Waals surface area contributed by atoms with Crippen LogP contribution in [0, 0.1) is 0 Å². The maximum atomic E-state index is 11.6. The summed E-state index contributed by atoms with van der Waals surface area (Å²) in [4.78, 5) is 22.3. The van der Waals surface area contributed by atoms with Gasteiger partial charge < -0.3 is 15.2 Å². The summed E-state index contributed by atoms with van der Waals surface area (Å²) in [5, 5.41) is 0. The van der Waals surface area contributed by atoms with Crippen LogP contribution in [0.1, 0.15) is 45.7 Å². The number of nitrogens with two attached hydrogens (primary N) is 1. The topological polar surface area (TPSA) is 113 Å². The van der Waals surface area contributed by atoms with Crippen LogP contribution >= 0.6 is 10.7 Å². The molecule has 2 N–H and O–H groups in total. The fourth-order valence-corrected chi connectivity index (χ4v) is 4.40. The molecule has 0 atom stereocenters. The summed E-state index contributed by atoms with van der Waals surface area (Å²) in [6.45, 7) is 3.54. The monoisotopic (exact) mass is 565 g/mol. The molecular formula is C30H28ClNO6S. The van der Waals surface area contributed by atoms with Crippen LogP contribution in [0.3, 0.4) is 0 Å². The zero-order valence-electron chi connectivity index (χ0n) is 21.5. The van der Waals surface area contributed by atoms with Crippen molar-refractivity contribution < 1.29 is 27.5 Å². The molecule has 0 saturated heterocycles. The SMILES string of the molecule is CC(=O)c1ccc(OCc2ccccc2)c(N)c1.CC(=O)c1ccc(OCc2ccccc2)c(S(=O)(=O)Cl)c1. The molecule has 202 valence electrons. The van der Waals surface area contributed by atoms with Crippen molar-refractivity contribution in [3.63, 3.8) is 0 Å². The van der Waals surface area contributed by atoms with Gasteiger partial charge >= 0.3 is 0 Å². The number of hydrogen-bond acceptors (Lipinski definition) is 7. The number of nitrogen functional groups attached to an aromatic ring is 1. The number of rotatable bonds is 9. The zero-order chi connectivity index (χ0) is 28.4. The lowest BCUT2D eigenvalue weighted by Gasteiger charge is -2.10. The number of hydrogen-bond donors (Lipinski definition) is 1. The standard InChI is InChI=1S/C15H13ClO4S.C15H15NO2/c1-11(17)13-7-8-14(15(9-13)21(16,18)19)20-10-12-5-3-2-4-6-12;1-11(17)13-7-8-15(14(16)9-13)18-10-12-5-3-2-4-6-12/h2-9H,10H2,1H3;2-9H,10,16H2,1H3. The Morgan fingerprint density at radius 3 is 1.56 bits per heavy atom. The third-order valence-electron chi connectivity index (χ3n) is 5.50. The largest absolute Gasteiger partial charge is 0.487 e. The highest BCUT2D eigenvalue weighted by molar-refractivity contribution is 8.13. The number of halogens is 1. The molecule has 0 spiro atoms. The maximum absolute atomic E-state index is 11.6. The van der Waals surface area contributed by atoms with E-state index in [0.717, 1.165) is 11.1 Å². The van der Waals surface area contributed by atoms with Gasteiger partial charge in [0.05, 0.1) is 5.69 Å². The summed E-state index contributed by atoms with van der Waals surface area (Å²) >= 11 is 0. The highest BCUT2D eigenvalue weighted by Gasteiger charge is 2.19. The Labute approximate surface area is 232 Å². The summed E-state index contributed by atoms with van der Waals surface area (Å²) in [5.41, 5.74) is 9.16. The van der Waals surface area contributed by atoms with Crippen molar-refractivity contribution in [2.24, 2.45) is 0 Å². The Kier molecular flexibility index (Phi) is 10.3. The second-order valence-electron chi connectivity index (χ2n) is 8.51. The Hall–Kier alpha value is -4.14. The van der Waals surface area contributed by atoms with E-state index in [1.807, 2.05) is 60.7 Å². The van der Waals surface area contributed by atoms with Gasteiger partial charge in [0, 0.05) is 21.8 Å². The molecule has 0 unspecified atom stereocenters. The van der Waals surface area contributed by atoms with E-state index in [1.54, 1.807) is 18.2 Å². The third kappa shape index (κ3) is 8.98. The molecule has 39 heavy (non-hydrogen) atoms. The van der Waals surface area contributed by atoms with Gasteiger partial charge in [-0.05, 0) is 61.4 Å². The lowest BCUT2D eigenvalue weighted by Crippen LogP contribution is -2.03. The van der Waals surface area contributed by atoms with Gasteiger partial charge in [0.1, 0.15) is 29.6 Å². The number of ether oxygens (including phenoxy) is 2. The first-order chi connectivity index (χ1) is 18.5. The van der Waals surface area contributed by atoms with Gasteiger partial charge in [-0.3, -0.25) is 9.59 Å². The highest BCUT2D eigenvalue weighted by Crippen LogP contribution is 2.29. The lowest BCUT2D eigenvalue weighted by molar-refractivity contribution is 0.100. The smallest absolute Gasteiger partial charge is 0.265 e. The predicted octanol–water partition coefficient (Wildman–Crippen LogP) is 6.45. The van der Waals surface area contributed by atoms with Gasteiger partial charge in [0.15, 0.2) is 11.6 Å². The second kappa shape index (κ2) is 13.6. The van der Waals surface area contributed by atoms with Crippen molar-refractivity contribution in [2.45, 2.75) is 32.0 Å². The van der Waals surface area contributed by atoms with Crippen LogP contribution in [0.25, 0.3) is 0 Å². The Bertz CT molecular complexity index is 1540. The van der Waals surface area contributed by atoms with E-state index in [2.05, 4.69) is 0 Å². The molecule has 7 nitrogen and oxygen atoms in total. The quantitative estimate of drug-likeness (QED) is 0.141. The van der Waals surface area contributed by atoms with E-state index in [9.17, 15) is 18.0 Å². The average Bonchev–Trinajstić information content (AvgIpc) is 2.92.